The van der Waals surface area contributed by atoms with E-state index in [1.165, 1.54) is 15.3 Å². The molecule has 0 unspecified atom stereocenters. The molecule has 0 aliphatic heterocycles. The Bertz CT molecular complexity index is 1440. The Morgan fingerprint density at radius 3 is 2.42 bits per heavy atom. The summed E-state index contributed by atoms with van der Waals surface area (Å²) in [7, 11) is 1.59. The fourth-order valence-electron chi connectivity index (χ4n) is 4.03. The van der Waals surface area contributed by atoms with Gasteiger partial charge in [0.1, 0.15) is 12.3 Å². The van der Waals surface area contributed by atoms with Crippen molar-refractivity contribution in [3.8, 4) is 11.1 Å². The summed E-state index contributed by atoms with van der Waals surface area (Å²) in [6.45, 7) is 1.09. The topological polar surface area (TPSA) is 94.2 Å². The molecule has 0 saturated heterocycles. The first-order chi connectivity index (χ1) is 15.8. The van der Waals surface area contributed by atoms with Crippen molar-refractivity contribution in [2.45, 2.75) is 19.9 Å². The average molecular weight is 464 g/mol. The lowest BCUT2D eigenvalue weighted by atomic mass is 9.94. The van der Waals surface area contributed by atoms with E-state index in [4.69, 9.17) is 11.6 Å². The molecule has 168 valence electrons. The van der Waals surface area contributed by atoms with Crippen LogP contribution in [0.1, 0.15) is 40.0 Å². The molecule has 0 bridgehead atoms. The van der Waals surface area contributed by atoms with Crippen LogP contribution in [0.3, 0.4) is 0 Å². The third-order valence-electron chi connectivity index (χ3n) is 5.56. The fraction of sp³-hybridized carbons (Fsp3) is 0.200. The van der Waals surface area contributed by atoms with Crippen molar-refractivity contribution in [3.63, 3.8) is 0 Å². The molecule has 2 heterocycles. The van der Waals surface area contributed by atoms with Crippen molar-refractivity contribution in [1.29, 1.82) is 0 Å². The summed E-state index contributed by atoms with van der Waals surface area (Å²) in [5.41, 5.74) is 1.98. The van der Waals surface area contributed by atoms with Crippen molar-refractivity contribution in [1.82, 2.24) is 14.3 Å². The molecule has 8 heteroatoms. The lowest BCUT2D eigenvalue weighted by Crippen LogP contribution is -2.28. The van der Waals surface area contributed by atoms with Crippen molar-refractivity contribution in [2.24, 2.45) is 7.05 Å². The normalized spacial score (nSPS) is 11.2. The molecule has 2 aromatic heterocycles. The number of hydrogen-bond acceptors (Lipinski definition) is 5. The van der Waals surface area contributed by atoms with Crippen LogP contribution in [0.2, 0.25) is 5.02 Å². The molecule has 4 aromatic rings. The number of aliphatic hydroxyl groups is 1. The summed E-state index contributed by atoms with van der Waals surface area (Å²) in [4.78, 5) is 38.8. The van der Waals surface area contributed by atoms with Crippen LogP contribution >= 0.6 is 11.6 Å². The molecular weight excluding hydrogens is 442 g/mol. The summed E-state index contributed by atoms with van der Waals surface area (Å²) in [5.74, 6) is -0.679. The second kappa shape index (κ2) is 9.13. The van der Waals surface area contributed by atoms with Crippen LogP contribution in [0.15, 0.2) is 59.4 Å². The van der Waals surface area contributed by atoms with Gasteiger partial charge in [-0.05, 0) is 35.2 Å². The van der Waals surface area contributed by atoms with Gasteiger partial charge in [0.25, 0.3) is 5.56 Å². The maximum Gasteiger partial charge on any atom is 0.259 e. The Kier molecular flexibility index (Phi) is 6.26. The van der Waals surface area contributed by atoms with E-state index in [9.17, 15) is 19.5 Å². The number of benzene rings is 2. The monoisotopic (exact) mass is 463 g/mol. The summed E-state index contributed by atoms with van der Waals surface area (Å²) in [6, 6.07) is 15.9. The van der Waals surface area contributed by atoms with E-state index in [0.29, 0.717) is 27.1 Å². The number of Topliss-reactive ketones (excluding diaryl/α,β-unsaturated/α-hetero) is 2. The van der Waals surface area contributed by atoms with Crippen LogP contribution in [0, 0.1) is 0 Å². The van der Waals surface area contributed by atoms with Gasteiger partial charge in [-0.25, -0.2) is 0 Å². The molecule has 0 fully saturated rings. The zero-order chi connectivity index (χ0) is 23.7. The number of halogens is 1. The number of aryl methyl sites for hydroxylation is 1. The Balaban J connectivity index is 2.05. The van der Waals surface area contributed by atoms with E-state index < -0.39 is 12.4 Å². The van der Waals surface area contributed by atoms with Crippen LogP contribution < -0.4 is 5.56 Å². The van der Waals surface area contributed by atoms with Crippen molar-refractivity contribution in [2.75, 3.05) is 6.61 Å². The maximum absolute atomic E-state index is 13.6. The molecule has 0 radical (unpaired) electrons. The molecule has 2 aromatic carbocycles. The lowest BCUT2D eigenvalue weighted by Gasteiger charge is -2.19. The largest absolute Gasteiger partial charge is 0.388 e. The number of pyridine rings is 1. The number of fused-ring (bicyclic) bond motifs is 1. The lowest BCUT2D eigenvalue weighted by molar-refractivity contribution is 0.0893. The molecule has 0 atom stereocenters. The van der Waals surface area contributed by atoms with Gasteiger partial charge in [-0.3, -0.25) is 23.6 Å². The number of nitrogens with zero attached hydrogens (tertiary/aromatic N) is 3. The van der Waals surface area contributed by atoms with Gasteiger partial charge >= 0.3 is 0 Å². The van der Waals surface area contributed by atoms with Gasteiger partial charge in [0.05, 0.1) is 17.9 Å². The third-order valence-corrected chi connectivity index (χ3v) is 5.80. The summed E-state index contributed by atoms with van der Waals surface area (Å²) >= 11 is 6.27. The molecule has 0 aliphatic carbocycles. The van der Waals surface area contributed by atoms with Crippen molar-refractivity contribution >= 4 is 33.9 Å². The van der Waals surface area contributed by atoms with Gasteiger partial charge in [0.15, 0.2) is 5.78 Å². The number of carbonyl (C=O) groups excluding carboxylic acids is 2. The molecule has 1 N–H and O–H groups in total. The van der Waals surface area contributed by atoms with Crippen LogP contribution in [0.25, 0.3) is 21.9 Å². The van der Waals surface area contributed by atoms with Crippen molar-refractivity contribution < 1.29 is 14.7 Å². The van der Waals surface area contributed by atoms with E-state index in [1.807, 2.05) is 30.3 Å². The van der Waals surface area contributed by atoms with Gasteiger partial charge in [-0.2, -0.15) is 5.10 Å². The first-order valence-corrected chi connectivity index (χ1v) is 10.8. The van der Waals surface area contributed by atoms with E-state index in [0.717, 1.165) is 5.56 Å². The molecular formula is C25H22ClN3O4. The van der Waals surface area contributed by atoms with Gasteiger partial charge in [0.2, 0.25) is 5.78 Å². The molecule has 0 aliphatic rings. The first-order valence-electron chi connectivity index (χ1n) is 10.5. The SMILES string of the molecule is CCC(=O)c1c(-c2ccccc2)c2cc(Cl)ccc2c(=O)n1Cc1cc(C(=O)CO)n(C)n1. The third kappa shape index (κ3) is 4.13. The number of ketones is 2. The number of hydrogen-bond donors (Lipinski definition) is 1. The number of aliphatic hydroxyl groups excluding tert-OH is 1. The zero-order valence-corrected chi connectivity index (χ0v) is 19.0. The van der Waals surface area contributed by atoms with E-state index >= 15 is 0 Å². The summed E-state index contributed by atoms with van der Waals surface area (Å²) in [5, 5.41) is 15.0. The van der Waals surface area contributed by atoms with E-state index in [2.05, 4.69) is 5.10 Å². The van der Waals surface area contributed by atoms with Crippen molar-refractivity contribution in [3.05, 3.63) is 87.1 Å². The minimum absolute atomic E-state index is 0.00907. The fourth-order valence-corrected chi connectivity index (χ4v) is 4.20. The number of aromatic nitrogens is 3. The highest BCUT2D eigenvalue weighted by Gasteiger charge is 2.24. The molecule has 7 nitrogen and oxygen atoms in total. The molecule has 0 saturated carbocycles. The Morgan fingerprint density at radius 2 is 1.76 bits per heavy atom. The minimum Gasteiger partial charge on any atom is -0.388 e. The number of carbonyl (C=O) groups is 2. The van der Waals surface area contributed by atoms with Gasteiger partial charge in [-0.15, -0.1) is 0 Å². The highest BCUT2D eigenvalue weighted by atomic mass is 35.5. The van der Waals surface area contributed by atoms with Crippen LogP contribution in [-0.4, -0.2) is 37.6 Å². The highest BCUT2D eigenvalue weighted by molar-refractivity contribution is 6.31. The first kappa shape index (κ1) is 22.6. The average Bonchev–Trinajstić information content (AvgIpc) is 3.20. The van der Waals surface area contributed by atoms with Crippen LogP contribution in [-0.2, 0) is 13.6 Å². The smallest absolute Gasteiger partial charge is 0.259 e. The standard InChI is InChI=1S/C25H22ClN3O4/c1-3-21(31)24-23(15-7-5-4-6-8-15)19-11-16(26)9-10-18(19)25(33)29(24)13-17-12-20(22(32)14-30)28(2)27-17/h4-12,30H,3,13-14H2,1-2H3. The number of rotatable bonds is 7. The summed E-state index contributed by atoms with van der Waals surface area (Å²) in [6.07, 6.45) is 0.196. The second-order valence-corrected chi connectivity index (χ2v) is 8.11. The Labute approximate surface area is 194 Å². The predicted molar refractivity (Wildman–Crippen MR) is 127 cm³/mol. The predicted octanol–water partition coefficient (Wildman–Crippen LogP) is 3.87. The quantitative estimate of drug-likeness (QED) is 0.420. The Morgan fingerprint density at radius 1 is 1.03 bits per heavy atom. The molecule has 0 spiro atoms. The highest BCUT2D eigenvalue weighted by Crippen LogP contribution is 2.33. The van der Waals surface area contributed by atoms with Gasteiger partial charge in [0, 0.05) is 29.4 Å². The molecule has 4 rings (SSSR count). The minimum atomic E-state index is -0.645. The van der Waals surface area contributed by atoms with E-state index in [-0.39, 0.29) is 35.7 Å². The second-order valence-electron chi connectivity index (χ2n) is 7.67. The van der Waals surface area contributed by atoms with Crippen LogP contribution in [0.5, 0.6) is 0 Å². The van der Waals surface area contributed by atoms with Gasteiger partial charge in [-0.1, -0.05) is 48.9 Å². The Hall–Kier alpha value is -3.55. The molecule has 0 amide bonds. The summed E-state index contributed by atoms with van der Waals surface area (Å²) < 4.78 is 2.78. The zero-order valence-electron chi connectivity index (χ0n) is 18.2. The van der Waals surface area contributed by atoms with Gasteiger partial charge < -0.3 is 5.11 Å². The maximum atomic E-state index is 13.6. The molecule has 33 heavy (non-hydrogen) atoms. The van der Waals surface area contributed by atoms with E-state index in [1.54, 1.807) is 32.2 Å². The van der Waals surface area contributed by atoms with Crippen LogP contribution in [0.4, 0.5) is 0 Å².